The maximum absolute atomic E-state index is 13.5. The molecule has 0 spiro atoms. The van der Waals surface area contributed by atoms with E-state index in [4.69, 9.17) is 14.9 Å². The van der Waals surface area contributed by atoms with E-state index in [0.29, 0.717) is 49.6 Å². The van der Waals surface area contributed by atoms with Crippen molar-refractivity contribution in [3.63, 3.8) is 0 Å². The normalized spacial score (nSPS) is 26.5. The Labute approximate surface area is 217 Å². The van der Waals surface area contributed by atoms with Crippen LogP contribution in [-0.4, -0.2) is 80.4 Å². The zero-order valence-corrected chi connectivity index (χ0v) is 21.6. The highest BCUT2D eigenvalue weighted by Crippen LogP contribution is 2.57. The lowest BCUT2D eigenvalue weighted by atomic mass is 9.85. The van der Waals surface area contributed by atoms with Gasteiger partial charge in [-0.3, -0.25) is 14.3 Å². The number of nitrogens with zero attached hydrogens (tertiary/aromatic N) is 5. The van der Waals surface area contributed by atoms with Crippen molar-refractivity contribution in [2.75, 3.05) is 32.8 Å². The van der Waals surface area contributed by atoms with Crippen LogP contribution in [0.5, 0.6) is 5.88 Å². The maximum atomic E-state index is 13.5. The summed E-state index contributed by atoms with van der Waals surface area (Å²) in [6, 6.07) is 3.98. The number of hydrogen-bond donors (Lipinski definition) is 1. The Balaban J connectivity index is 1.06. The van der Waals surface area contributed by atoms with Gasteiger partial charge in [0.15, 0.2) is 5.69 Å². The Bertz CT molecular complexity index is 1160. The smallest absolute Gasteiger partial charge is 0.274 e. The average Bonchev–Trinajstić information content (AvgIpc) is 3.45. The molecule has 3 heterocycles. The lowest BCUT2D eigenvalue weighted by Crippen LogP contribution is -2.51. The monoisotopic (exact) mass is 507 g/mol. The van der Waals surface area contributed by atoms with Crippen molar-refractivity contribution in [1.82, 2.24) is 24.6 Å². The van der Waals surface area contributed by atoms with Crippen molar-refractivity contribution in [3.8, 4) is 5.88 Å². The number of carbonyl (C=O) groups is 2. The van der Waals surface area contributed by atoms with Gasteiger partial charge in [0.1, 0.15) is 12.7 Å². The van der Waals surface area contributed by atoms with E-state index in [9.17, 15) is 9.59 Å². The quantitative estimate of drug-likeness (QED) is 0.618. The van der Waals surface area contributed by atoms with Gasteiger partial charge in [-0.15, -0.1) is 0 Å². The standard InChI is InChI=1S/C28H37N5O4/c1-18-3-2-9-29-27(18)37-21-6-4-19(5-7-21)8-10-33-23-16-20-15-22(20)25(23)26(30-33)28(36)32-13-11-31(12-14-32)24(35)17-34/h2-3,9,19-22,34H,4-8,10-17H2,1H3/t19?,20-,21?,22-/m1/s1. The molecule has 9 heteroatoms. The summed E-state index contributed by atoms with van der Waals surface area (Å²) in [5.41, 5.74) is 4.21. The Hall–Kier alpha value is -2.94. The molecule has 2 aromatic heterocycles. The summed E-state index contributed by atoms with van der Waals surface area (Å²) in [6.45, 7) is 4.33. The average molecular weight is 508 g/mol. The fourth-order valence-electron chi connectivity index (χ4n) is 6.54. The third kappa shape index (κ3) is 4.85. The summed E-state index contributed by atoms with van der Waals surface area (Å²) in [7, 11) is 0. The summed E-state index contributed by atoms with van der Waals surface area (Å²) in [5, 5.41) is 14.0. The first kappa shape index (κ1) is 24.4. The number of piperazine rings is 1. The zero-order chi connectivity index (χ0) is 25.5. The van der Waals surface area contributed by atoms with Crippen molar-refractivity contribution in [2.24, 2.45) is 11.8 Å². The summed E-state index contributed by atoms with van der Waals surface area (Å²) in [4.78, 5) is 33.1. The van der Waals surface area contributed by atoms with Crippen LogP contribution in [0.3, 0.4) is 0 Å². The second-order valence-electron chi connectivity index (χ2n) is 11.2. The van der Waals surface area contributed by atoms with E-state index in [1.54, 1.807) is 11.1 Å². The highest BCUT2D eigenvalue weighted by molar-refractivity contribution is 5.95. The molecule has 198 valence electrons. The first-order valence-electron chi connectivity index (χ1n) is 13.9. The molecule has 1 N–H and O–H groups in total. The molecule has 1 aliphatic heterocycles. The van der Waals surface area contributed by atoms with Gasteiger partial charge < -0.3 is 19.6 Å². The predicted molar refractivity (Wildman–Crippen MR) is 136 cm³/mol. The highest BCUT2D eigenvalue weighted by Gasteiger charge is 2.50. The number of aromatic nitrogens is 3. The van der Waals surface area contributed by atoms with Gasteiger partial charge in [0.25, 0.3) is 5.91 Å². The predicted octanol–water partition coefficient (Wildman–Crippen LogP) is 2.55. The topological polar surface area (TPSA) is 101 Å². The number of carbonyl (C=O) groups excluding carboxylic acids is 2. The molecular formula is C28H37N5O4. The van der Waals surface area contributed by atoms with Crippen LogP contribution in [-0.2, 0) is 17.8 Å². The minimum Gasteiger partial charge on any atom is -0.474 e. The third-order valence-electron chi connectivity index (χ3n) is 8.89. The highest BCUT2D eigenvalue weighted by atomic mass is 16.5. The van der Waals surface area contributed by atoms with Gasteiger partial charge in [-0.25, -0.2) is 4.98 Å². The molecule has 1 saturated heterocycles. The van der Waals surface area contributed by atoms with E-state index < -0.39 is 6.61 Å². The number of aryl methyl sites for hydroxylation is 2. The van der Waals surface area contributed by atoms with Gasteiger partial charge >= 0.3 is 0 Å². The number of hydrogen-bond acceptors (Lipinski definition) is 6. The molecule has 9 nitrogen and oxygen atoms in total. The van der Waals surface area contributed by atoms with Crippen LogP contribution in [0.1, 0.15) is 71.8 Å². The largest absolute Gasteiger partial charge is 0.474 e. The van der Waals surface area contributed by atoms with Gasteiger partial charge in [0.05, 0.1) is 0 Å². The molecule has 2 amide bonds. The number of fused-ring (bicyclic) bond motifs is 3. The van der Waals surface area contributed by atoms with Gasteiger partial charge in [0, 0.05) is 55.7 Å². The summed E-state index contributed by atoms with van der Waals surface area (Å²) < 4.78 is 8.32. The van der Waals surface area contributed by atoms with Crippen LogP contribution in [0, 0.1) is 18.8 Å². The van der Waals surface area contributed by atoms with Crippen molar-refractivity contribution in [2.45, 2.75) is 70.4 Å². The second-order valence-corrected chi connectivity index (χ2v) is 11.2. The molecule has 3 aliphatic carbocycles. The van der Waals surface area contributed by atoms with Crippen molar-refractivity contribution >= 4 is 11.8 Å². The first-order valence-corrected chi connectivity index (χ1v) is 13.9. The third-order valence-corrected chi connectivity index (χ3v) is 8.89. The molecule has 2 saturated carbocycles. The number of aliphatic hydroxyl groups is 1. The summed E-state index contributed by atoms with van der Waals surface area (Å²) in [6.07, 6.45) is 9.73. The maximum Gasteiger partial charge on any atom is 0.274 e. The van der Waals surface area contributed by atoms with E-state index in [2.05, 4.69) is 9.67 Å². The minimum absolute atomic E-state index is 0.00104. The van der Waals surface area contributed by atoms with Crippen LogP contribution >= 0.6 is 0 Å². The van der Waals surface area contributed by atoms with Crippen LogP contribution in [0.15, 0.2) is 18.3 Å². The molecular weight excluding hydrogens is 470 g/mol. The zero-order valence-electron chi connectivity index (χ0n) is 21.6. The lowest BCUT2D eigenvalue weighted by Gasteiger charge is -2.34. The number of pyridine rings is 1. The molecule has 0 radical (unpaired) electrons. The first-order chi connectivity index (χ1) is 18.0. The van der Waals surface area contributed by atoms with Gasteiger partial charge in [-0.2, -0.15) is 5.10 Å². The van der Waals surface area contributed by atoms with Crippen LogP contribution < -0.4 is 4.74 Å². The second kappa shape index (κ2) is 10.1. The number of aliphatic hydroxyl groups excluding tert-OH is 1. The van der Waals surface area contributed by atoms with Gasteiger partial charge in [-0.05, 0) is 75.7 Å². The molecule has 0 unspecified atom stereocenters. The summed E-state index contributed by atoms with van der Waals surface area (Å²) >= 11 is 0. The fourth-order valence-corrected chi connectivity index (χ4v) is 6.54. The molecule has 0 bridgehead atoms. The fraction of sp³-hybridized carbons (Fsp3) is 0.643. The lowest BCUT2D eigenvalue weighted by molar-refractivity contribution is -0.135. The molecule has 0 aromatic carbocycles. The van der Waals surface area contributed by atoms with E-state index >= 15 is 0 Å². The Morgan fingerprint density at radius 1 is 1.11 bits per heavy atom. The van der Waals surface area contributed by atoms with E-state index in [1.165, 1.54) is 17.7 Å². The van der Waals surface area contributed by atoms with E-state index in [-0.39, 0.29) is 17.9 Å². The molecule has 3 fully saturated rings. The SMILES string of the molecule is Cc1cccnc1OC1CCC(CCn2nc(C(=O)N3CCN(C(=O)CO)CC3)c3c2C[C@H]2C[C@@H]32)CC1. The Kier molecular flexibility index (Phi) is 6.65. The van der Waals surface area contributed by atoms with Crippen LogP contribution in [0.4, 0.5) is 0 Å². The van der Waals surface area contributed by atoms with Gasteiger partial charge in [0.2, 0.25) is 11.8 Å². The van der Waals surface area contributed by atoms with E-state index in [0.717, 1.165) is 56.5 Å². The minimum atomic E-state index is -0.479. The molecule has 6 rings (SSSR count). The molecule has 2 aromatic rings. The van der Waals surface area contributed by atoms with Crippen LogP contribution in [0.25, 0.3) is 0 Å². The van der Waals surface area contributed by atoms with Crippen molar-refractivity contribution in [1.29, 1.82) is 0 Å². The van der Waals surface area contributed by atoms with Crippen molar-refractivity contribution in [3.05, 3.63) is 40.8 Å². The Morgan fingerprint density at radius 3 is 2.59 bits per heavy atom. The Morgan fingerprint density at radius 2 is 1.86 bits per heavy atom. The van der Waals surface area contributed by atoms with Gasteiger partial charge in [-0.1, -0.05) is 6.07 Å². The number of rotatable bonds is 7. The number of amides is 2. The van der Waals surface area contributed by atoms with Crippen molar-refractivity contribution < 1.29 is 19.4 Å². The molecule has 2 atom stereocenters. The molecule has 37 heavy (non-hydrogen) atoms. The van der Waals surface area contributed by atoms with E-state index in [1.807, 2.05) is 24.0 Å². The summed E-state index contributed by atoms with van der Waals surface area (Å²) in [5.74, 6) is 2.33. The molecule has 4 aliphatic rings. The van der Waals surface area contributed by atoms with Crippen LogP contribution in [0.2, 0.25) is 0 Å². The number of ether oxygens (including phenoxy) is 1.